The lowest BCUT2D eigenvalue weighted by molar-refractivity contribution is -0.917. The molecular formula is C20H24FN6S+. The number of quaternary nitrogens is 1. The van der Waals surface area contributed by atoms with Crippen LogP contribution < -0.4 is 9.80 Å². The van der Waals surface area contributed by atoms with E-state index in [2.05, 4.69) is 46.6 Å². The van der Waals surface area contributed by atoms with Crippen LogP contribution in [0.5, 0.6) is 0 Å². The van der Waals surface area contributed by atoms with Gasteiger partial charge >= 0.3 is 0 Å². The largest absolute Gasteiger partial charge is 0.371 e. The van der Waals surface area contributed by atoms with Crippen LogP contribution in [0.4, 0.5) is 10.1 Å². The fraction of sp³-hybridized carbons (Fsp3) is 0.350. The molecule has 1 aromatic heterocycles. The minimum absolute atomic E-state index is 0.324. The van der Waals surface area contributed by atoms with Gasteiger partial charge in [0.15, 0.2) is 6.67 Å². The number of hydrogen-bond donors (Lipinski definition) is 1. The summed E-state index contributed by atoms with van der Waals surface area (Å²) in [5.74, 6) is -0.324. The molecule has 28 heavy (non-hydrogen) atoms. The fourth-order valence-electron chi connectivity index (χ4n) is 3.71. The summed E-state index contributed by atoms with van der Waals surface area (Å²) >= 11 is 5.50. The van der Waals surface area contributed by atoms with Crippen molar-refractivity contribution in [2.45, 2.75) is 26.1 Å². The Bertz CT molecular complexity index is 1010. The van der Waals surface area contributed by atoms with Gasteiger partial charge in [0, 0.05) is 24.3 Å². The zero-order valence-corrected chi connectivity index (χ0v) is 16.7. The first kappa shape index (κ1) is 18.8. The Morgan fingerprint density at radius 2 is 1.86 bits per heavy atom. The number of benzene rings is 2. The number of tetrazole rings is 1. The van der Waals surface area contributed by atoms with E-state index in [-0.39, 0.29) is 5.82 Å². The summed E-state index contributed by atoms with van der Waals surface area (Å²) < 4.78 is 17.1. The Kier molecular flexibility index (Phi) is 5.50. The van der Waals surface area contributed by atoms with Crippen molar-refractivity contribution < 1.29 is 9.29 Å². The zero-order chi connectivity index (χ0) is 19.5. The molecule has 1 saturated heterocycles. The molecule has 1 aliphatic heterocycles. The van der Waals surface area contributed by atoms with Gasteiger partial charge < -0.3 is 9.80 Å². The standard InChI is InChI=1S/C20H23FN6S/c1-24(14-16-7-2-3-10-19(16)25-11-4-5-12-25)15-26-20(28)27(23-22-26)18-9-6-8-17(21)13-18/h2-3,6-10,13H,4-5,11-12,14-15H2,1H3/p+1. The van der Waals surface area contributed by atoms with Crippen molar-refractivity contribution in [1.29, 1.82) is 0 Å². The van der Waals surface area contributed by atoms with Crippen LogP contribution in [0.1, 0.15) is 18.4 Å². The summed E-state index contributed by atoms with van der Waals surface area (Å²) in [7, 11) is 2.11. The number of nitrogens with zero attached hydrogens (tertiary/aromatic N) is 5. The molecule has 2 aromatic carbocycles. The summed E-state index contributed by atoms with van der Waals surface area (Å²) in [6.07, 6.45) is 2.52. The van der Waals surface area contributed by atoms with E-state index in [1.165, 1.54) is 45.8 Å². The molecule has 8 heteroatoms. The normalized spacial score (nSPS) is 15.1. The zero-order valence-electron chi connectivity index (χ0n) is 15.9. The van der Waals surface area contributed by atoms with Crippen molar-refractivity contribution in [2.75, 3.05) is 25.0 Å². The first-order valence-electron chi connectivity index (χ1n) is 9.55. The number of hydrogen-bond acceptors (Lipinski definition) is 4. The highest BCUT2D eigenvalue weighted by molar-refractivity contribution is 7.71. The SMILES string of the molecule is C[NH+](Cc1ccccc1N1CCCC1)Cn1nnn(-c2cccc(F)c2)c1=S. The number of rotatable bonds is 6. The van der Waals surface area contributed by atoms with Crippen LogP contribution >= 0.6 is 12.2 Å². The maximum absolute atomic E-state index is 13.5. The van der Waals surface area contributed by atoms with Gasteiger partial charge in [0.25, 0.3) is 0 Å². The molecule has 0 saturated carbocycles. The number of para-hydroxylation sites is 1. The second-order valence-corrected chi connectivity index (χ2v) is 7.63. The van der Waals surface area contributed by atoms with Gasteiger partial charge in [-0.1, -0.05) is 24.3 Å². The molecule has 1 N–H and O–H groups in total. The molecule has 0 bridgehead atoms. The minimum Gasteiger partial charge on any atom is -0.371 e. The second kappa shape index (κ2) is 8.20. The third-order valence-corrected chi connectivity index (χ3v) is 5.43. The van der Waals surface area contributed by atoms with Crippen molar-refractivity contribution in [3.05, 3.63) is 64.7 Å². The van der Waals surface area contributed by atoms with Gasteiger partial charge in [0.05, 0.1) is 12.7 Å². The van der Waals surface area contributed by atoms with Crippen molar-refractivity contribution >= 4 is 17.9 Å². The van der Waals surface area contributed by atoms with E-state index in [1.54, 1.807) is 16.8 Å². The minimum atomic E-state index is -0.324. The lowest BCUT2D eigenvalue weighted by Crippen LogP contribution is -3.07. The fourth-order valence-corrected chi connectivity index (χ4v) is 3.95. The van der Waals surface area contributed by atoms with E-state index < -0.39 is 0 Å². The van der Waals surface area contributed by atoms with Gasteiger partial charge in [-0.3, -0.25) is 0 Å². The van der Waals surface area contributed by atoms with Crippen molar-refractivity contribution in [1.82, 2.24) is 19.8 Å². The lowest BCUT2D eigenvalue weighted by atomic mass is 10.1. The summed E-state index contributed by atoms with van der Waals surface area (Å²) in [5.41, 5.74) is 3.23. The van der Waals surface area contributed by atoms with Crippen LogP contribution in [0.2, 0.25) is 0 Å². The molecule has 2 heterocycles. The summed E-state index contributed by atoms with van der Waals surface area (Å²) in [6, 6.07) is 14.8. The second-order valence-electron chi connectivity index (χ2n) is 7.27. The number of halogens is 1. The van der Waals surface area contributed by atoms with Crippen LogP contribution in [0.3, 0.4) is 0 Å². The average Bonchev–Trinajstić information content (AvgIpc) is 3.33. The van der Waals surface area contributed by atoms with Crippen molar-refractivity contribution in [3.63, 3.8) is 0 Å². The van der Waals surface area contributed by atoms with Crippen molar-refractivity contribution in [3.8, 4) is 5.69 Å². The summed E-state index contributed by atoms with van der Waals surface area (Å²) in [5, 5.41) is 8.28. The molecule has 1 aliphatic rings. The third kappa shape index (κ3) is 3.98. The Morgan fingerprint density at radius 1 is 1.07 bits per heavy atom. The van der Waals surface area contributed by atoms with Crippen LogP contribution in [0, 0.1) is 10.6 Å². The third-order valence-electron chi connectivity index (χ3n) is 5.04. The molecule has 0 radical (unpaired) electrons. The molecule has 0 spiro atoms. The predicted octanol–water partition coefficient (Wildman–Crippen LogP) is 2.21. The molecule has 1 atom stereocenters. The predicted molar refractivity (Wildman–Crippen MR) is 109 cm³/mol. The van der Waals surface area contributed by atoms with E-state index in [0.717, 1.165) is 19.6 Å². The van der Waals surface area contributed by atoms with E-state index in [0.29, 0.717) is 17.1 Å². The van der Waals surface area contributed by atoms with Gasteiger partial charge in [-0.15, -0.1) is 0 Å². The van der Waals surface area contributed by atoms with E-state index >= 15 is 0 Å². The molecule has 0 amide bonds. The van der Waals surface area contributed by atoms with Gasteiger partial charge in [0.2, 0.25) is 4.77 Å². The first-order chi connectivity index (χ1) is 13.6. The van der Waals surface area contributed by atoms with E-state index in [4.69, 9.17) is 12.2 Å². The van der Waals surface area contributed by atoms with Gasteiger partial charge in [-0.25, -0.2) is 4.39 Å². The number of aromatic nitrogens is 4. The molecule has 4 rings (SSSR count). The molecule has 0 aliphatic carbocycles. The van der Waals surface area contributed by atoms with Gasteiger partial charge in [-0.05, 0) is 59.8 Å². The highest BCUT2D eigenvalue weighted by Gasteiger charge is 2.18. The monoisotopic (exact) mass is 399 g/mol. The molecular weight excluding hydrogens is 375 g/mol. The van der Waals surface area contributed by atoms with Gasteiger partial charge in [0.1, 0.15) is 12.4 Å². The maximum atomic E-state index is 13.5. The highest BCUT2D eigenvalue weighted by Crippen LogP contribution is 2.23. The number of anilines is 1. The number of nitrogens with one attached hydrogen (secondary N) is 1. The lowest BCUT2D eigenvalue weighted by Gasteiger charge is -2.22. The van der Waals surface area contributed by atoms with Gasteiger partial charge in [-0.2, -0.15) is 9.36 Å². The molecule has 3 aromatic rings. The van der Waals surface area contributed by atoms with E-state index in [9.17, 15) is 4.39 Å². The van der Waals surface area contributed by atoms with Crippen LogP contribution in [-0.4, -0.2) is 39.9 Å². The van der Waals surface area contributed by atoms with E-state index in [1.807, 2.05) is 0 Å². The highest BCUT2D eigenvalue weighted by atomic mass is 32.1. The first-order valence-corrected chi connectivity index (χ1v) is 9.95. The summed E-state index contributed by atoms with van der Waals surface area (Å²) in [6.45, 7) is 3.70. The van der Waals surface area contributed by atoms with Crippen LogP contribution in [0.15, 0.2) is 48.5 Å². The molecule has 6 nitrogen and oxygen atoms in total. The molecule has 1 fully saturated rings. The molecule has 146 valence electrons. The average molecular weight is 400 g/mol. The summed E-state index contributed by atoms with van der Waals surface area (Å²) in [4.78, 5) is 3.71. The van der Waals surface area contributed by atoms with Crippen molar-refractivity contribution in [2.24, 2.45) is 0 Å². The Balaban J connectivity index is 1.49. The smallest absolute Gasteiger partial charge is 0.225 e. The topological polar surface area (TPSA) is 43.3 Å². The van der Waals surface area contributed by atoms with Crippen LogP contribution in [0.25, 0.3) is 5.69 Å². The van der Waals surface area contributed by atoms with Crippen LogP contribution in [-0.2, 0) is 13.2 Å². The Labute approximate surface area is 168 Å². The maximum Gasteiger partial charge on any atom is 0.225 e. The quantitative estimate of drug-likeness (QED) is 0.646. The Hall–Kier alpha value is -2.58. The molecule has 1 unspecified atom stereocenters. The Morgan fingerprint density at radius 3 is 2.64 bits per heavy atom.